The Labute approximate surface area is 134 Å². The monoisotopic (exact) mass is 290 g/mol. The largest absolute Gasteiger partial charge is 0.0683 e. The number of hydrogen-bond acceptors (Lipinski definition) is 0. The van der Waals surface area contributed by atoms with E-state index in [1.807, 2.05) is 41.5 Å². The van der Waals surface area contributed by atoms with Crippen LogP contribution in [-0.4, -0.2) is 0 Å². The van der Waals surface area contributed by atoms with Gasteiger partial charge in [0.05, 0.1) is 0 Å². The van der Waals surface area contributed by atoms with E-state index < -0.39 is 0 Å². The van der Waals surface area contributed by atoms with E-state index in [4.69, 9.17) is 0 Å². The molecule has 0 heterocycles. The highest BCUT2D eigenvalue weighted by molar-refractivity contribution is 4.50. The summed E-state index contributed by atoms with van der Waals surface area (Å²) < 4.78 is 0. The molecule has 0 aromatic heterocycles. The fraction of sp³-hybridized carbons (Fsp3) is 1.00. The van der Waals surface area contributed by atoms with Gasteiger partial charge in [0.25, 0.3) is 0 Å². The first-order chi connectivity index (χ1) is 9.72. The summed E-state index contributed by atoms with van der Waals surface area (Å²) in [5, 5.41) is 0. The zero-order chi connectivity index (χ0) is 17.2. The van der Waals surface area contributed by atoms with Crippen molar-refractivity contribution in [3.63, 3.8) is 0 Å². The first-order valence-electron chi connectivity index (χ1n) is 9.72. The standard InChI is InChI=1S/C9H20.C5H12.3C2H6/c1-4-6-8-9(3)7-5-2;1-3-5-4-2;3*1-2/h9H,4-8H2,1-3H3;3-5H2,1-2H3;3*1-2H3. The normalized spacial score (nSPS) is 9.15. The van der Waals surface area contributed by atoms with Crippen LogP contribution in [0.25, 0.3) is 0 Å². The second-order valence-corrected chi connectivity index (χ2v) is 4.39. The van der Waals surface area contributed by atoms with Crippen LogP contribution in [0.5, 0.6) is 0 Å². The van der Waals surface area contributed by atoms with E-state index in [0.717, 1.165) is 5.92 Å². The Morgan fingerprint density at radius 3 is 1.05 bits per heavy atom. The third kappa shape index (κ3) is 64.2. The molecular formula is C20H50. The average molecular weight is 291 g/mol. The first-order valence-corrected chi connectivity index (χ1v) is 9.72. The van der Waals surface area contributed by atoms with E-state index in [0.29, 0.717) is 0 Å². The lowest BCUT2D eigenvalue weighted by Crippen LogP contribution is -1.92. The van der Waals surface area contributed by atoms with E-state index in [2.05, 4.69) is 34.6 Å². The van der Waals surface area contributed by atoms with Gasteiger partial charge < -0.3 is 0 Å². The minimum Gasteiger partial charge on any atom is -0.0683 e. The van der Waals surface area contributed by atoms with Crippen molar-refractivity contribution < 1.29 is 0 Å². The van der Waals surface area contributed by atoms with Gasteiger partial charge in [-0.3, -0.25) is 0 Å². The van der Waals surface area contributed by atoms with Crippen LogP contribution in [0.3, 0.4) is 0 Å². The highest BCUT2D eigenvalue weighted by Crippen LogP contribution is 2.12. The molecule has 1 unspecified atom stereocenters. The summed E-state index contributed by atoms with van der Waals surface area (Å²) in [5.41, 5.74) is 0. The molecule has 0 spiro atoms. The highest BCUT2D eigenvalue weighted by atomic mass is 14.0. The Kier molecular flexibility index (Phi) is 81.6. The predicted molar refractivity (Wildman–Crippen MR) is 103 cm³/mol. The van der Waals surface area contributed by atoms with E-state index in [9.17, 15) is 0 Å². The zero-order valence-electron chi connectivity index (χ0n) is 17.2. The fourth-order valence-corrected chi connectivity index (χ4v) is 1.54. The smallest absolute Gasteiger partial charge is 0.0443 e. The molecule has 0 aliphatic rings. The van der Waals surface area contributed by atoms with Gasteiger partial charge in [0.15, 0.2) is 0 Å². The minimum atomic E-state index is 0.968. The molecule has 0 aliphatic carbocycles. The zero-order valence-corrected chi connectivity index (χ0v) is 17.2. The van der Waals surface area contributed by atoms with Crippen molar-refractivity contribution in [2.45, 2.75) is 128 Å². The SMILES string of the molecule is CC.CC.CC.CCCCC.CCCCC(C)CCC. The maximum absolute atomic E-state index is 2.36. The molecular weight excluding hydrogens is 240 g/mol. The quantitative estimate of drug-likeness (QED) is 0.439. The molecule has 0 aromatic rings. The first kappa shape index (κ1) is 32.1. The molecule has 1 atom stereocenters. The van der Waals surface area contributed by atoms with Crippen LogP contribution >= 0.6 is 0 Å². The summed E-state index contributed by atoms with van der Waals surface area (Å²) in [6.07, 6.45) is 11.1. The van der Waals surface area contributed by atoms with Crippen molar-refractivity contribution in [1.29, 1.82) is 0 Å². The maximum atomic E-state index is 2.36. The summed E-state index contributed by atoms with van der Waals surface area (Å²) >= 11 is 0. The number of rotatable bonds is 7. The van der Waals surface area contributed by atoms with Crippen molar-refractivity contribution in [2.75, 3.05) is 0 Å². The van der Waals surface area contributed by atoms with Gasteiger partial charge in [-0.1, -0.05) is 128 Å². The lowest BCUT2D eigenvalue weighted by molar-refractivity contribution is 0.466. The van der Waals surface area contributed by atoms with E-state index in [1.54, 1.807) is 0 Å². The van der Waals surface area contributed by atoms with Gasteiger partial charge in [-0.15, -0.1) is 0 Å². The minimum absolute atomic E-state index is 0.968. The van der Waals surface area contributed by atoms with Crippen molar-refractivity contribution in [3.8, 4) is 0 Å². The van der Waals surface area contributed by atoms with Crippen LogP contribution in [0.1, 0.15) is 128 Å². The molecule has 0 radical (unpaired) electrons. The molecule has 20 heavy (non-hydrogen) atoms. The summed E-state index contributed by atoms with van der Waals surface area (Å²) in [6.45, 7) is 23.3. The van der Waals surface area contributed by atoms with E-state index in [1.165, 1.54) is 51.4 Å². The Morgan fingerprint density at radius 1 is 0.500 bits per heavy atom. The molecule has 0 rings (SSSR count). The van der Waals surface area contributed by atoms with Crippen LogP contribution in [-0.2, 0) is 0 Å². The lowest BCUT2D eigenvalue weighted by atomic mass is 10.00. The van der Waals surface area contributed by atoms with Crippen molar-refractivity contribution in [1.82, 2.24) is 0 Å². The van der Waals surface area contributed by atoms with E-state index in [-0.39, 0.29) is 0 Å². The average Bonchev–Trinajstić information content (AvgIpc) is 2.53. The second kappa shape index (κ2) is 50.9. The topological polar surface area (TPSA) is 0 Å². The Hall–Kier alpha value is 0. The molecule has 0 aliphatic heterocycles. The highest BCUT2D eigenvalue weighted by Gasteiger charge is 1.97. The Morgan fingerprint density at radius 2 is 0.850 bits per heavy atom. The van der Waals surface area contributed by atoms with Gasteiger partial charge >= 0.3 is 0 Å². The van der Waals surface area contributed by atoms with Crippen LogP contribution in [0.2, 0.25) is 0 Å². The molecule has 0 amide bonds. The summed E-state index contributed by atoms with van der Waals surface area (Å²) in [5.74, 6) is 0.968. The summed E-state index contributed by atoms with van der Waals surface area (Å²) in [7, 11) is 0. The van der Waals surface area contributed by atoms with Gasteiger partial charge in [-0.2, -0.15) is 0 Å². The van der Waals surface area contributed by atoms with E-state index >= 15 is 0 Å². The summed E-state index contributed by atoms with van der Waals surface area (Å²) in [4.78, 5) is 0. The van der Waals surface area contributed by atoms with Crippen LogP contribution in [0.15, 0.2) is 0 Å². The van der Waals surface area contributed by atoms with Crippen molar-refractivity contribution >= 4 is 0 Å². The molecule has 0 bridgehead atoms. The molecule has 0 saturated heterocycles. The Bertz CT molecular complexity index is 74.1. The molecule has 0 fully saturated rings. The molecule has 0 saturated carbocycles. The second-order valence-electron chi connectivity index (χ2n) is 4.39. The maximum Gasteiger partial charge on any atom is -0.0443 e. The van der Waals surface area contributed by atoms with Crippen molar-refractivity contribution in [2.24, 2.45) is 5.92 Å². The van der Waals surface area contributed by atoms with Crippen LogP contribution in [0.4, 0.5) is 0 Å². The molecule has 0 heteroatoms. The van der Waals surface area contributed by atoms with Crippen LogP contribution in [0, 0.1) is 5.92 Å². The third-order valence-corrected chi connectivity index (χ3v) is 2.54. The molecule has 0 nitrogen and oxygen atoms in total. The van der Waals surface area contributed by atoms with Gasteiger partial charge in [0, 0.05) is 0 Å². The van der Waals surface area contributed by atoms with Crippen LogP contribution < -0.4 is 0 Å². The van der Waals surface area contributed by atoms with Gasteiger partial charge in [-0.25, -0.2) is 0 Å². The number of hydrogen-bond donors (Lipinski definition) is 0. The Balaban J connectivity index is -0.0000000580. The van der Waals surface area contributed by atoms with Gasteiger partial charge in [0.2, 0.25) is 0 Å². The third-order valence-electron chi connectivity index (χ3n) is 2.54. The molecule has 130 valence electrons. The van der Waals surface area contributed by atoms with Gasteiger partial charge in [-0.05, 0) is 5.92 Å². The number of unbranched alkanes of at least 4 members (excludes halogenated alkanes) is 3. The predicted octanol–water partition coefficient (Wildman–Crippen LogP) is 8.89. The van der Waals surface area contributed by atoms with Gasteiger partial charge in [0.1, 0.15) is 0 Å². The molecule has 0 aromatic carbocycles. The fourth-order valence-electron chi connectivity index (χ4n) is 1.54. The molecule has 0 N–H and O–H groups in total. The lowest BCUT2D eigenvalue weighted by Gasteiger charge is -2.07. The van der Waals surface area contributed by atoms with Crippen molar-refractivity contribution in [3.05, 3.63) is 0 Å². The summed E-state index contributed by atoms with van der Waals surface area (Å²) in [6, 6.07) is 0.